The van der Waals surface area contributed by atoms with Crippen molar-refractivity contribution < 1.29 is 8.85 Å². The minimum absolute atomic E-state index is 0.136. The van der Waals surface area contributed by atoms with Crippen molar-refractivity contribution in [2.24, 2.45) is 0 Å². The van der Waals surface area contributed by atoms with Gasteiger partial charge in [-0.2, -0.15) is 0 Å². The van der Waals surface area contributed by atoms with Gasteiger partial charge in [-0.15, -0.1) is 0 Å². The fraction of sp³-hybridized carbons (Fsp3) is 1.00. The first-order chi connectivity index (χ1) is 6.81. The van der Waals surface area contributed by atoms with Crippen molar-refractivity contribution in [3.8, 4) is 0 Å². The topological polar surface area (TPSA) is 18.5 Å². The standard InChI is InChI=1S/C12H27O2Si/c1-8-10(3)13-15(12(5,6)7)14-11(4)9-2/h10-11H,8-9H2,1-7H3. The Morgan fingerprint density at radius 1 is 0.933 bits per heavy atom. The Hall–Kier alpha value is 0.137. The third-order valence-corrected chi connectivity index (χ3v) is 4.84. The Kier molecular flexibility index (Phi) is 6.72. The second-order valence-corrected chi connectivity index (χ2v) is 7.76. The molecule has 0 aromatic heterocycles. The zero-order valence-corrected chi connectivity index (χ0v) is 12.4. The lowest BCUT2D eigenvalue weighted by molar-refractivity contribution is 0.0972. The number of hydrogen-bond acceptors (Lipinski definition) is 2. The maximum absolute atomic E-state index is 6.02. The molecular weight excluding hydrogens is 204 g/mol. The van der Waals surface area contributed by atoms with Crippen LogP contribution in [0.1, 0.15) is 61.3 Å². The summed E-state index contributed by atoms with van der Waals surface area (Å²) < 4.78 is 12.0. The van der Waals surface area contributed by atoms with Crippen molar-refractivity contribution in [2.75, 3.05) is 0 Å². The predicted molar refractivity (Wildman–Crippen MR) is 67.1 cm³/mol. The van der Waals surface area contributed by atoms with Gasteiger partial charge in [0.05, 0.1) is 0 Å². The highest BCUT2D eigenvalue weighted by molar-refractivity contribution is 6.48. The molecule has 0 aromatic rings. The molecule has 0 rings (SSSR count). The molecule has 0 fully saturated rings. The van der Waals surface area contributed by atoms with Crippen molar-refractivity contribution in [3.63, 3.8) is 0 Å². The molecule has 0 aromatic carbocycles. The first-order valence-electron chi connectivity index (χ1n) is 6.02. The molecule has 0 saturated carbocycles. The van der Waals surface area contributed by atoms with E-state index in [2.05, 4.69) is 48.5 Å². The molecule has 1 radical (unpaired) electrons. The van der Waals surface area contributed by atoms with Gasteiger partial charge in [-0.1, -0.05) is 34.6 Å². The van der Waals surface area contributed by atoms with Gasteiger partial charge in [-0.3, -0.25) is 0 Å². The molecule has 0 aliphatic heterocycles. The average molecular weight is 231 g/mol. The summed E-state index contributed by atoms with van der Waals surface area (Å²) in [4.78, 5) is 0. The van der Waals surface area contributed by atoms with Crippen LogP contribution >= 0.6 is 0 Å². The summed E-state index contributed by atoms with van der Waals surface area (Å²) in [6, 6.07) is 0. The van der Waals surface area contributed by atoms with Crippen LogP contribution in [0.3, 0.4) is 0 Å². The highest BCUT2D eigenvalue weighted by atomic mass is 28.3. The van der Waals surface area contributed by atoms with E-state index in [-0.39, 0.29) is 5.04 Å². The van der Waals surface area contributed by atoms with Crippen LogP contribution in [0.5, 0.6) is 0 Å². The summed E-state index contributed by atoms with van der Waals surface area (Å²) in [5, 5.41) is 0.136. The van der Waals surface area contributed by atoms with Crippen molar-refractivity contribution in [2.45, 2.75) is 78.6 Å². The summed E-state index contributed by atoms with van der Waals surface area (Å²) in [6.45, 7) is 15.1. The van der Waals surface area contributed by atoms with Crippen LogP contribution in [-0.4, -0.2) is 21.5 Å². The Morgan fingerprint density at radius 3 is 1.47 bits per heavy atom. The molecule has 0 spiro atoms. The molecule has 15 heavy (non-hydrogen) atoms. The van der Waals surface area contributed by atoms with E-state index >= 15 is 0 Å². The number of rotatable bonds is 6. The fourth-order valence-electron chi connectivity index (χ4n) is 0.913. The van der Waals surface area contributed by atoms with E-state index in [9.17, 15) is 0 Å². The summed E-state index contributed by atoms with van der Waals surface area (Å²) in [5.41, 5.74) is 0. The van der Waals surface area contributed by atoms with Gasteiger partial charge in [0.25, 0.3) is 0 Å². The van der Waals surface area contributed by atoms with Gasteiger partial charge in [0.2, 0.25) is 0 Å². The highest BCUT2D eigenvalue weighted by Crippen LogP contribution is 2.30. The number of hydrogen-bond donors (Lipinski definition) is 0. The van der Waals surface area contributed by atoms with E-state index in [1.807, 2.05) is 0 Å². The van der Waals surface area contributed by atoms with Gasteiger partial charge in [-0.05, 0) is 26.7 Å². The van der Waals surface area contributed by atoms with E-state index < -0.39 is 9.28 Å². The molecule has 0 N–H and O–H groups in total. The van der Waals surface area contributed by atoms with E-state index in [1.165, 1.54) is 0 Å². The minimum atomic E-state index is -1.18. The first kappa shape index (κ1) is 15.1. The van der Waals surface area contributed by atoms with Gasteiger partial charge in [0, 0.05) is 17.2 Å². The Labute approximate surface area is 97.2 Å². The molecule has 0 amide bonds. The zero-order valence-electron chi connectivity index (χ0n) is 11.4. The van der Waals surface area contributed by atoms with Crippen molar-refractivity contribution >= 4 is 9.28 Å². The van der Waals surface area contributed by atoms with Crippen LogP contribution in [0.25, 0.3) is 0 Å². The third kappa shape index (κ3) is 6.33. The van der Waals surface area contributed by atoms with E-state index in [0.29, 0.717) is 12.2 Å². The maximum atomic E-state index is 6.02. The minimum Gasteiger partial charge on any atom is -0.390 e. The quantitative estimate of drug-likeness (QED) is 0.645. The molecule has 0 saturated heterocycles. The van der Waals surface area contributed by atoms with Gasteiger partial charge < -0.3 is 8.85 Å². The molecule has 91 valence electrons. The monoisotopic (exact) mass is 231 g/mol. The molecule has 0 aliphatic carbocycles. The molecule has 2 atom stereocenters. The molecule has 0 aliphatic rings. The SMILES string of the molecule is CCC(C)O[Si](OC(C)CC)C(C)(C)C. The lowest BCUT2D eigenvalue weighted by Gasteiger charge is -2.31. The third-order valence-electron chi connectivity index (χ3n) is 2.38. The largest absolute Gasteiger partial charge is 0.391 e. The van der Waals surface area contributed by atoms with Crippen LogP contribution in [0, 0.1) is 0 Å². The Bertz CT molecular complexity index is 153. The first-order valence-corrected chi connectivity index (χ1v) is 7.33. The normalized spacial score (nSPS) is 16.8. The molecule has 3 heteroatoms. The second-order valence-electron chi connectivity index (χ2n) is 5.21. The van der Waals surface area contributed by atoms with Crippen LogP contribution in [0.2, 0.25) is 5.04 Å². The van der Waals surface area contributed by atoms with Crippen molar-refractivity contribution in [3.05, 3.63) is 0 Å². The van der Waals surface area contributed by atoms with Crippen LogP contribution < -0.4 is 0 Å². The summed E-state index contributed by atoms with van der Waals surface area (Å²) >= 11 is 0. The van der Waals surface area contributed by atoms with Gasteiger partial charge in [0.1, 0.15) is 0 Å². The van der Waals surface area contributed by atoms with E-state index in [1.54, 1.807) is 0 Å². The van der Waals surface area contributed by atoms with Gasteiger partial charge in [-0.25, -0.2) is 0 Å². The van der Waals surface area contributed by atoms with Crippen molar-refractivity contribution in [1.82, 2.24) is 0 Å². The van der Waals surface area contributed by atoms with Crippen LogP contribution in [0.4, 0.5) is 0 Å². The predicted octanol–water partition coefficient (Wildman–Crippen LogP) is 3.90. The highest BCUT2D eigenvalue weighted by Gasteiger charge is 2.34. The van der Waals surface area contributed by atoms with Crippen molar-refractivity contribution in [1.29, 1.82) is 0 Å². The fourth-order valence-corrected chi connectivity index (χ4v) is 2.74. The molecular formula is C12H27O2Si. The summed E-state index contributed by atoms with van der Waals surface area (Å²) in [6.07, 6.45) is 2.71. The molecule has 2 nitrogen and oxygen atoms in total. The average Bonchev–Trinajstić information content (AvgIpc) is 2.14. The molecule has 0 heterocycles. The molecule has 2 unspecified atom stereocenters. The summed E-state index contributed by atoms with van der Waals surface area (Å²) in [7, 11) is -1.18. The smallest absolute Gasteiger partial charge is 0.390 e. The Morgan fingerprint density at radius 2 is 1.27 bits per heavy atom. The van der Waals surface area contributed by atoms with Gasteiger partial charge in [0.15, 0.2) is 0 Å². The maximum Gasteiger partial charge on any atom is 0.391 e. The zero-order chi connectivity index (χ0) is 12.1. The van der Waals surface area contributed by atoms with Crippen LogP contribution in [-0.2, 0) is 8.85 Å². The van der Waals surface area contributed by atoms with Crippen LogP contribution in [0.15, 0.2) is 0 Å². The molecule has 0 bridgehead atoms. The van der Waals surface area contributed by atoms with Gasteiger partial charge >= 0.3 is 9.28 Å². The van der Waals surface area contributed by atoms with E-state index in [0.717, 1.165) is 12.8 Å². The van der Waals surface area contributed by atoms with E-state index in [4.69, 9.17) is 8.85 Å². The lowest BCUT2D eigenvalue weighted by Crippen LogP contribution is -2.38. The summed E-state index contributed by atoms with van der Waals surface area (Å²) in [5.74, 6) is 0. The Balaban J connectivity index is 4.32. The second kappa shape index (κ2) is 6.66. The lowest BCUT2D eigenvalue weighted by atomic mass is 10.3.